The van der Waals surface area contributed by atoms with E-state index in [-0.39, 0.29) is 6.04 Å². The van der Waals surface area contributed by atoms with Gasteiger partial charge >= 0.3 is 0 Å². The molecule has 5 heteroatoms. The predicted octanol–water partition coefficient (Wildman–Crippen LogP) is 2.20. The summed E-state index contributed by atoms with van der Waals surface area (Å²) in [6, 6.07) is 8.17. The van der Waals surface area contributed by atoms with Crippen LogP contribution in [0.1, 0.15) is 13.3 Å². The Kier molecular flexibility index (Phi) is 4.25. The van der Waals surface area contributed by atoms with Crippen LogP contribution in [-0.4, -0.2) is 32.5 Å². The van der Waals surface area contributed by atoms with Crippen LogP contribution in [0.25, 0.3) is 10.9 Å². The molecule has 0 saturated carbocycles. The van der Waals surface area contributed by atoms with Gasteiger partial charge in [-0.25, -0.2) is 0 Å². The number of benzene rings is 1. The number of hydrogen-bond acceptors (Lipinski definition) is 4. The molecule has 0 fully saturated rings. The summed E-state index contributed by atoms with van der Waals surface area (Å²) in [6.45, 7) is 2.09. The van der Waals surface area contributed by atoms with Crippen molar-refractivity contribution in [2.24, 2.45) is 0 Å². The van der Waals surface area contributed by atoms with Gasteiger partial charge in [0.25, 0.3) is 0 Å². The predicted molar refractivity (Wildman–Crippen MR) is 76.2 cm³/mol. The molecule has 18 heavy (non-hydrogen) atoms. The van der Waals surface area contributed by atoms with Gasteiger partial charge in [-0.2, -0.15) is 10.2 Å². The van der Waals surface area contributed by atoms with Crippen molar-refractivity contribution in [3.05, 3.63) is 30.5 Å². The lowest BCUT2D eigenvalue weighted by molar-refractivity contribution is 0.678. The highest BCUT2D eigenvalue weighted by molar-refractivity contribution is 7.84. The van der Waals surface area contributed by atoms with E-state index in [0.29, 0.717) is 5.75 Å². The van der Waals surface area contributed by atoms with Gasteiger partial charge in [0.05, 0.1) is 17.4 Å². The van der Waals surface area contributed by atoms with E-state index in [9.17, 15) is 4.21 Å². The minimum atomic E-state index is -0.739. The first-order valence-electron chi connectivity index (χ1n) is 5.94. The van der Waals surface area contributed by atoms with Crippen molar-refractivity contribution in [2.45, 2.75) is 19.4 Å². The Morgan fingerprint density at radius 3 is 2.94 bits per heavy atom. The van der Waals surface area contributed by atoms with Crippen LogP contribution in [0.5, 0.6) is 0 Å². The van der Waals surface area contributed by atoms with E-state index < -0.39 is 10.8 Å². The summed E-state index contributed by atoms with van der Waals surface area (Å²) in [5.74, 6) is 0.713. The molecule has 1 aromatic carbocycles. The van der Waals surface area contributed by atoms with Gasteiger partial charge in [-0.15, -0.1) is 0 Å². The minimum Gasteiger partial charge on any atom is -0.381 e. The van der Waals surface area contributed by atoms with Crippen molar-refractivity contribution in [3.8, 4) is 0 Å². The van der Waals surface area contributed by atoms with Crippen molar-refractivity contribution in [1.29, 1.82) is 0 Å². The van der Waals surface area contributed by atoms with E-state index in [1.54, 1.807) is 12.5 Å². The van der Waals surface area contributed by atoms with Crippen molar-refractivity contribution in [3.63, 3.8) is 0 Å². The van der Waals surface area contributed by atoms with Crippen LogP contribution in [0.4, 0.5) is 5.69 Å². The average molecular weight is 263 g/mol. The van der Waals surface area contributed by atoms with Crippen LogP contribution in [0.2, 0.25) is 0 Å². The van der Waals surface area contributed by atoms with Crippen LogP contribution in [0.3, 0.4) is 0 Å². The summed E-state index contributed by atoms with van der Waals surface area (Å²) >= 11 is 0. The third kappa shape index (κ3) is 3.26. The molecule has 0 saturated heterocycles. The molecule has 0 aliphatic rings. The molecular weight excluding hydrogens is 246 g/mol. The number of nitrogens with one attached hydrogen (secondary N) is 1. The van der Waals surface area contributed by atoms with Gasteiger partial charge in [0.15, 0.2) is 0 Å². The molecule has 2 atom stereocenters. The Balaban J connectivity index is 2.14. The number of hydrogen-bond donors (Lipinski definition) is 1. The third-order valence-corrected chi connectivity index (χ3v) is 3.60. The van der Waals surface area contributed by atoms with Gasteiger partial charge in [-0.1, -0.05) is 18.2 Å². The van der Waals surface area contributed by atoms with Gasteiger partial charge < -0.3 is 5.32 Å². The first-order valence-corrected chi connectivity index (χ1v) is 7.66. The Labute approximate surface area is 109 Å². The molecule has 2 rings (SSSR count). The van der Waals surface area contributed by atoms with Gasteiger partial charge in [0, 0.05) is 34.2 Å². The highest BCUT2D eigenvalue weighted by Gasteiger charge is 2.07. The van der Waals surface area contributed by atoms with Crippen LogP contribution in [-0.2, 0) is 10.8 Å². The van der Waals surface area contributed by atoms with Gasteiger partial charge in [-0.3, -0.25) is 4.21 Å². The van der Waals surface area contributed by atoms with Gasteiger partial charge in [0.2, 0.25) is 0 Å². The zero-order chi connectivity index (χ0) is 13.0. The summed E-state index contributed by atoms with van der Waals surface area (Å²) in [6.07, 6.45) is 4.34. The smallest absolute Gasteiger partial charge is 0.0950 e. The number of nitrogens with zero attached hydrogens (tertiary/aromatic N) is 2. The average Bonchev–Trinajstić information content (AvgIpc) is 2.37. The zero-order valence-electron chi connectivity index (χ0n) is 10.6. The van der Waals surface area contributed by atoms with Crippen LogP contribution in [0, 0.1) is 0 Å². The molecule has 0 aliphatic carbocycles. The third-order valence-electron chi connectivity index (χ3n) is 2.79. The Bertz CT molecular complexity index is 553. The lowest BCUT2D eigenvalue weighted by Crippen LogP contribution is -2.18. The normalized spacial score (nSPS) is 14.3. The maximum atomic E-state index is 11.1. The first-order chi connectivity index (χ1) is 8.66. The molecule has 1 heterocycles. The number of anilines is 1. The topological polar surface area (TPSA) is 54.9 Å². The first kappa shape index (κ1) is 13.0. The number of aromatic nitrogens is 2. The van der Waals surface area contributed by atoms with Gasteiger partial charge in [0.1, 0.15) is 0 Å². The van der Waals surface area contributed by atoms with Crippen molar-refractivity contribution in [2.75, 3.05) is 17.3 Å². The second kappa shape index (κ2) is 5.91. The van der Waals surface area contributed by atoms with Crippen molar-refractivity contribution >= 4 is 27.4 Å². The molecule has 0 bridgehead atoms. The summed E-state index contributed by atoms with van der Waals surface area (Å²) in [4.78, 5) is 0. The molecule has 0 spiro atoms. The standard InChI is InChI=1S/C13H17N3OS/c1-10(7-8-18(2)17)15-13-9-14-16-12-6-4-3-5-11(12)13/h3-6,9-10H,7-8H2,1-2H3,(H,15,16). The van der Waals surface area contributed by atoms with Crippen LogP contribution in [0.15, 0.2) is 30.5 Å². The maximum absolute atomic E-state index is 11.1. The molecule has 96 valence electrons. The van der Waals surface area contributed by atoms with Crippen LogP contribution < -0.4 is 5.32 Å². The fourth-order valence-corrected chi connectivity index (χ4v) is 2.49. The molecule has 0 aliphatic heterocycles. The summed E-state index contributed by atoms with van der Waals surface area (Å²) in [7, 11) is -0.739. The molecule has 0 radical (unpaired) electrons. The Morgan fingerprint density at radius 2 is 2.17 bits per heavy atom. The van der Waals surface area contributed by atoms with E-state index in [2.05, 4.69) is 22.4 Å². The maximum Gasteiger partial charge on any atom is 0.0950 e. The lowest BCUT2D eigenvalue weighted by Gasteiger charge is -2.15. The second-order valence-corrected chi connectivity index (χ2v) is 5.94. The van der Waals surface area contributed by atoms with Crippen LogP contribution >= 0.6 is 0 Å². The monoisotopic (exact) mass is 263 g/mol. The molecule has 4 nitrogen and oxygen atoms in total. The van der Waals surface area contributed by atoms with Crippen molar-refractivity contribution in [1.82, 2.24) is 10.2 Å². The molecule has 2 unspecified atom stereocenters. The highest BCUT2D eigenvalue weighted by atomic mass is 32.2. The summed E-state index contributed by atoms with van der Waals surface area (Å²) in [5, 5.41) is 12.5. The van der Waals surface area contributed by atoms with Crippen molar-refractivity contribution < 1.29 is 4.21 Å². The summed E-state index contributed by atoms with van der Waals surface area (Å²) < 4.78 is 11.1. The molecule has 0 amide bonds. The van der Waals surface area contributed by atoms with E-state index in [1.807, 2.05) is 24.3 Å². The lowest BCUT2D eigenvalue weighted by atomic mass is 10.2. The van der Waals surface area contributed by atoms with E-state index in [0.717, 1.165) is 23.0 Å². The molecular formula is C13H17N3OS. The zero-order valence-corrected chi connectivity index (χ0v) is 11.4. The minimum absolute atomic E-state index is 0.265. The van der Waals surface area contributed by atoms with E-state index >= 15 is 0 Å². The number of rotatable bonds is 5. The number of fused-ring (bicyclic) bond motifs is 1. The second-order valence-electron chi connectivity index (χ2n) is 4.39. The summed E-state index contributed by atoms with van der Waals surface area (Å²) in [5.41, 5.74) is 1.86. The SMILES string of the molecule is CC(CCS(C)=O)Nc1cnnc2ccccc12. The van der Waals surface area contributed by atoms with E-state index in [4.69, 9.17) is 0 Å². The van der Waals surface area contributed by atoms with Gasteiger partial charge in [-0.05, 0) is 19.4 Å². The highest BCUT2D eigenvalue weighted by Crippen LogP contribution is 2.20. The fourth-order valence-electron chi connectivity index (χ4n) is 1.80. The molecule has 1 aromatic heterocycles. The largest absolute Gasteiger partial charge is 0.381 e. The molecule has 1 N–H and O–H groups in total. The fraction of sp³-hybridized carbons (Fsp3) is 0.385. The van der Waals surface area contributed by atoms with E-state index in [1.165, 1.54) is 0 Å². The Hall–Kier alpha value is -1.49. The Morgan fingerprint density at radius 1 is 1.39 bits per heavy atom. The quantitative estimate of drug-likeness (QED) is 0.898. The molecule has 2 aromatic rings.